The molecule has 1 aromatic carbocycles. The summed E-state index contributed by atoms with van der Waals surface area (Å²) < 4.78 is 5.49. The Morgan fingerprint density at radius 3 is 3.20 bits per heavy atom. The molecule has 3 heteroatoms. The van der Waals surface area contributed by atoms with E-state index in [0.29, 0.717) is 0 Å². The molecule has 3 nitrogen and oxygen atoms in total. The van der Waals surface area contributed by atoms with Crippen LogP contribution in [0.3, 0.4) is 0 Å². The average molecular weight is 204 g/mol. The number of aliphatic carboxylic acids is 1. The smallest absolute Gasteiger partial charge is 0.307 e. The van der Waals surface area contributed by atoms with E-state index in [-0.39, 0.29) is 6.42 Å². The highest BCUT2D eigenvalue weighted by molar-refractivity contribution is 5.71. The Kier molecular flexibility index (Phi) is 2.72. The first-order chi connectivity index (χ1) is 7.27. The number of hydrogen-bond acceptors (Lipinski definition) is 2. The van der Waals surface area contributed by atoms with Gasteiger partial charge in [0.25, 0.3) is 0 Å². The first-order valence-electron chi connectivity index (χ1n) is 4.90. The van der Waals surface area contributed by atoms with Crippen molar-refractivity contribution < 1.29 is 14.6 Å². The maximum atomic E-state index is 10.3. The van der Waals surface area contributed by atoms with Gasteiger partial charge in [0.05, 0.1) is 13.0 Å². The van der Waals surface area contributed by atoms with Gasteiger partial charge >= 0.3 is 5.97 Å². The summed E-state index contributed by atoms with van der Waals surface area (Å²) in [5.74, 6) is 0.0823. The van der Waals surface area contributed by atoms with Gasteiger partial charge in [-0.1, -0.05) is 30.4 Å². The highest BCUT2D eigenvalue weighted by atomic mass is 16.5. The number of para-hydroxylation sites is 1. The molecule has 1 aromatic rings. The Labute approximate surface area is 88.0 Å². The summed E-state index contributed by atoms with van der Waals surface area (Å²) in [4.78, 5) is 10.3. The monoisotopic (exact) mass is 204 g/mol. The molecule has 0 aromatic heterocycles. The third-order valence-electron chi connectivity index (χ3n) is 2.33. The van der Waals surface area contributed by atoms with E-state index in [1.807, 2.05) is 18.2 Å². The maximum Gasteiger partial charge on any atom is 0.307 e. The fourth-order valence-electron chi connectivity index (χ4n) is 1.66. The second-order valence-electron chi connectivity index (χ2n) is 3.43. The van der Waals surface area contributed by atoms with Crippen molar-refractivity contribution in [2.75, 3.05) is 6.61 Å². The Balaban J connectivity index is 2.18. The second kappa shape index (κ2) is 4.17. The van der Waals surface area contributed by atoms with Crippen LogP contribution in [-0.2, 0) is 11.2 Å². The molecule has 0 amide bonds. The molecule has 0 radical (unpaired) electrons. The Hall–Kier alpha value is -1.77. The van der Waals surface area contributed by atoms with Gasteiger partial charge in [-0.2, -0.15) is 0 Å². The molecule has 0 fully saturated rings. The molecule has 0 saturated carbocycles. The van der Waals surface area contributed by atoms with E-state index in [4.69, 9.17) is 9.84 Å². The van der Waals surface area contributed by atoms with Crippen LogP contribution in [0.15, 0.2) is 24.3 Å². The predicted molar refractivity (Wildman–Crippen MR) is 56.9 cm³/mol. The zero-order valence-corrected chi connectivity index (χ0v) is 8.27. The molecule has 0 bridgehead atoms. The molecule has 0 atom stereocenters. The van der Waals surface area contributed by atoms with E-state index in [9.17, 15) is 4.79 Å². The van der Waals surface area contributed by atoms with Gasteiger partial charge in [-0.05, 0) is 5.56 Å². The fraction of sp³-hybridized carbons (Fsp3) is 0.250. The molecule has 0 saturated heterocycles. The third kappa shape index (κ3) is 2.18. The summed E-state index contributed by atoms with van der Waals surface area (Å²) in [5.41, 5.74) is 2.17. The zero-order chi connectivity index (χ0) is 10.7. The van der Waals surface area contributed by atoms with Crippen LogP contribution in [0, 0.1) is 0 Å². The van der Waals surface area contributed by atoms with Crippen molar-refractivity contribution in [1.82, 2.24) is 0 Å². The van der Waals surface area contributed by atoms with Crippen LogP contribution >= 0.6 is 0 Å². The summed E-state index contributed by atoms with van der Waals surface area (Å²) in [6.07, 6.45) is 4.43. The SMILES string of the molecule is O=C(O)CC=Cc1cccc2c1OCC2. The number of carboxylic acid groups (broad SMARTS) is 1. The van der Waals surface area contributed by atoms with Gasteiger partial charge in [0.2, 0.25) is 0 Å². The van der Waals surface area contributed by atoms with Crippen LogP contribution in [0.4, 0.5) is 0 Å². The van der Waals surface area contributed by atoms with E-state index >= 15 is 0 Å². The van der Waals surface area contributed by atoms with Crippen LogP contribution in [0.5, 0.6) is 5.75 Å². The number of fused-ring (bicyclic) bond motifs is 1. The van der Waals surface area contributed by atoms with Gasteiger partial charge in [-0.15, -0.1) is 0 Å². The van der Waals surface area contributed by atoms with Crippen LogP contribution in [0.2, 0.25) is 0 Å². The molecule has 78 valence electrons. The molecular formula is C12H12O3. The maximum absolute atomic E-state index is 10.3. The van der Waals surface area contributed by atoms with E-state index in [2.05, 4.69) is 0 Å². The third-order valence-corrected chi connectivity index (χ3v) is 2.33. The van der Waals surface area contributed by atoms with Crippen LogP contribution in [0.1, 0.15) is 17.5 Å². The lowest BCUT2D eigenvalue weighted by molar-refractivity contribution is -0.135. The van der Waals surface area contributed by atoms with Crippen molar-refractivity contribution in [1.29, 1.82) is 0 Å². The first-order valence-corrected chi connectivity index (χ1v) is 4.90. The van der Waals surface area contributed by atoms with Crippen molar-refractivity contribution >= 4 is 12.0 Å². The van der Waals surface area contributed by atoms with Crippen LogP contribution < -0.4 is 4.74 Å². The summed E-state index contributed by atoms with van der Waals surface area (Å²) in [5, 5.41) is 8.50. The summed E-state index contributed by atoms with van der Waals surface area (Å²) in [7, 11) is 0. The zero-order valence-electron chi connectivity index (χ0n) is 8.27. The summed E-state index contributed by atoms with van der Waals surface area (Å²) >= 11 is 0. The van der Waals surface area contributed by atoms with Crippen LogP contribution in [-0.4, -0.2) is 17.7 Å². The number of ether oxygens (including phenoxy) is 1. The summed E-state index contributed by atoms with van der Waals surface area (Å²) in [6.45, 7) is 0.721. The number of rotatable bonds is 3. The first kappa shape index (κ1) is 9.77. The van der Waals surface area contributed by atoms with E-state index in [0.717, 1.165) is 24.3 Å². The minimum Gasteiger partial charge on any atom is -0.492 e. The van der Waals surface area contributed by atoms with Gasteiger partial charge in [0.1, 0.15) is 5.75 Å². The Bertz CT molecular complexity index is 407. The fourth-order valence-corrected chi connectivity index (χ4v) is 1.66. The largest absolute Gasteiger partial charge is 0.492 e. The molecule has 0 aliphatic carbocycles. The second-order valence-corrected chi connectivity index (χ2v) is 3.43. The molecule has 1 aliphatic heterocycles. The highest BCUT2D eigenvalue weighted by Gasteiger charge is 2.13. The number of benzene rings is 1. The van der Waals surface area contributed by atoms with Crippen molar-refractivity contribution in [2.45, 2.75) is 12.8 Å². The molecule has 1 N–H and O–H groups in total. The number of carbonyl (C=O) groups is 1. The quantitative estimate of drug-likeness (QED) is 0.820. The predicted octanol–water partition coefficient (Wildman–Crippen LogP) is 2.11. The number of hydrogen-bond donors (Lipinski definition) is 1. The van der Waals surface area contributed by atoms with Crippen LogP contribution in [0.25, 0.3) is 6.08 Å². The molecule has 15 heavy (non-hydrogen) atoms. The van der Waals surface area contributed by atoms with E-state index in [1.165, 1.54) is 5.56 Å². The lowest BCUT2D eigenvalue weighted by Crippen LogP contribution is -1.90. The summed E-state index contributed by atoms with van der Waals surface area (Å²) in [6, 6.07) is 5.94. The van der Waals surface area contributed by atoms with Crippen molar-refractivity contribution in [3.63, 3.8) is 0 Å². The van der Waals surface area contributed by atoms with Crippen molar-refractivity contribution in [3.8, 4) is 5.75 Å². The minimum absolute atomic E-state index is 0.0453. The van der Waals surface area contributed by atoms with Gasteiger partial charge in [-0.25, -0.2) is 0 Å². The van der Waals surface area contributed by atoms with Crippen molar-refractivity contribution in [3.05, 3.63) is 35.4 Å². The highest BCUT2D eigenvalue weighted by Crippen LogP contribution is 2.30. The van der Waals surface area contributed by atoms with Crippen molar-refractivity contribution in [2.24, 2.45) is 0 Å². The topological polar surface area (TPSA) is 46.5 Å². The van der Waals surface area contributed by atoms with Gasteiger partial charge in [-0.3, -0.25) is 4.79 Å². The molecule has 2 rings (SSSR count). The molecule has 0 spiro atoms. The van der Waals surface area contributed by atoms with E-state index < -0.39 is 5.97 Å². The van der Waals surface area contributed by atoms with Gasteiger partial charge in [0.15, 0.2) is 0 Å². The Morgan fingerprint density at radius 2 is 2.40 bits per heavy atom. The normalized spacial score (nSPS) is 13.9. The lowest BCUT2D eigenvalue weighted by atomic mass is 10.1. The molecule has 1 aliphatic rings. The molecule has 1 heterocycles. The standard InChI is InChI=1S/C12H12O3/c13-11(14)6-2-5-9-3-1-4-10-7-8-15-12(9)10/h1-5H,6-8H2,(H,13,14). The van der Waals surface area contributed by atoms with E-state index in [1.54, 1.807) is 12.2 Å². The Morgan fingerprint density at radius 1 is 1.53 bits per heavy atom. The number of carboxylic acids is 1. The lowest BCUT2D eigenvalue weighted by Gasteiger charge is -2.02. The van der Waals surface area contributed by atoms with Gasteiger partial charge < -0.3 is 9.84 Å². The minimum atomic E-state index is -0.820. The molecular weight excluding hydrogens is 192 g/mol. The molecule has 0 unspecified atom stereocenters. The average Bonchev–Trinajstić information content (AvgIpc) is 2.65. The van der Waals surface area contributed by atoms with Gasteiger partial charge in [0, 0.05) is 12.0 Å².